The topological polar surface area (TPSA) is 67.4 Å². The van der Waals surface area contributed by atoms with Gasteiger partial charge < -0.3 is 15.0 Å². The average molecular weight is 389 g/mol. The quantitative estimate of drug-likeness (QED) is 0.810. The number of nitrogens with one attached hydrogen (secondary N) is 1. The molecule has 1 N–H and O–H groups in total. The van der Waals surface area contributed by atoms with E-state index in [2.05, 4.69) is 22.2 Å². The van der Waals surface area contributed by atoms with Crippen molar-refractivity contribution in [2.75, 3.05) is 19.0 Å². The lowest BCUT2D eigenvalue weighted by molar-refractivity contribution is 0.0602. The largest absolute Gasteiger partial charge is 0.495 e. The van der Waals surface area contributed by atoms with E-state index in [4.69, 9.17) is 16.3 Å². The number of piperidine rings is 1. The second kappa shape index (κ2) is 8.57. The van der Waals surface area contributed by atoms with Crippen LogP contribution in [0.15, 0.2) is 24.3 Å². The van der Waals surface area contributed by atoms with Crippen molar-refractivity contribution in [2.24, 2.45) is 0 Å². The lowest BCUT2D eigenvalue weighted by atomic mass is 9.99. The maximum Gasteiger partial charge on any atom is 0.272 e. The van der Waals surface area contributed by atoms with Crippen LogP contribution in [-0.4, -0.2) is 40.5 Å². The molecule has 1 unspecified atom stereocenters. The standard InChI is InChI=1S/C20H25ClN4O2/c1-4-15-7-5-6-10-25(15)19(26)17-11-13(2)22-20(24-17)23-14-8-9-18(27-3)16(21)12-14/h8-9,11-12,15H,4-7,10H2,1-3H3,(H,22,23,24). The first-order valence-corrected chi connectivity index (χ1v) is 9.66. The van der Waals surface area contributed by atoms with Crippen LogP contribution in [0.5, 0.6) is 5.75 Å². The van der Waals surface area contributed by atoms with Gasteiger partial charge in [-0.25, -0.2) is 9.97 Å². The molecule has 0 aliphatic carbocycles. The number of nitrogens with zero attached hydrogens (tertiary/aromatic N) is 3. The van der Waals surface area contributed by atoms with Gasteiger partial charge in [-0.3, -0.25) is 4.79 Å². The molecule has 1 saturated heterocycles. The van der Waals surface area contributed by atoms with Crippen LogP contribution in [0.25, 0.3) is 0 Å². The number of likely N-dealkylation sites (tertiary alicyclic amines) is 1. The maximum atomic E-state index is 13.0. The normalized spacial score (nSPS) is 16.9. The van der Waals surface area contributed by atoms with Gasteiger partial charge in [-0.2, -0.15) is 0 Å². The summed E-state index contributed by atoms with van der Waals surface area (Å²) >= 11 is 6.18. The van der Waals surface area contributed by atoms with Crippen molar-refractivity contribution in [2.45, 2.75) is 45.6 Å². The third-order valence-corrected chi connectivity index (χ3v) is 5.14. The summed E-state index contributed by atoms with van der Waals surface area (Å²) in [5.74, 6) is 0.950. The smallest absolute Gasteiger partial charge is 0.272 e. The molecule has 1 fully saturated rings. The van der Waals surface area contributed by atoms with Gasteiger partial charge in [0, 0.05) is 24.0 Å². The summed E-state index contributed by atoms with van der Waals surface area (Å²) in [4.78, 5) is 23.8. The van der Waals surface area contributed by atoms with Gasteiger partial charge in [-0.05, 0) is 56.9 Å². The van der Waals surface area contributed by atoms with E-state index in [-0.39, 0.29) is 5.91 Å². The van der Waals surface area contributed by atoms with Crippen LogP contribution in [0.4, 0.5) is 11.6 Å². The summed E-state index contributed by atoms with van der Waals surface area (Å²) < 4.78 is 5.17. The monoisotopic (exact) mass is 388 g/mol. The fourth-order valence-electron chi connectivity index (χ4n) is 3.45. The molecule has 27 heavy (non-hydrogen) atoms. The Morgan fingerprint density at radius 2 is 2.15 bits per heavy atom. The number of halogens is 1. The lowest BCUT2D eigenvalue weighted by Gasteiger charge is -2.35. The molecule has 1 aliphatic rings. The van der Waals surface area contributed by atoms with Crippen LogP contribution < -0.4 is 10.1 Å². The molecular formula is C20H25ClN4O2. The molecule has 7 heteroatoms. The Labute approximate surface area is 164 Å². The van der Waals surface area contributed by atoms with Gasteiger partial charge in [-0.15, -0.1) is 0 Å². The number of anilines is 2. The number of hydrogen-bond donors (Lipinski definition) is 1. The minimum atomic E-state index is -0.0251. The van der Waals surface area contributed by atoms with Gasteiger partial charge >= 0.3 is 0 Å². The van der Waals surface area contributed by atoms with Gasteiger partial charge in [0.2, 0.25) is 5.95 Å². The summed E-state index contributed by atoms with van der Waals surface area (Å²) in [5, 5.41) is 3.62. The SMILES string of the molecule is CCC1CCCCN1C(=O)c1cc(C)nc(Nc2ccc(OC)c(Cl)c2)n1. The molecule has 0 saturated carbocycles. The zero-order chi connectivity index (χ0) is 19.4. The molecule has 1 amide bonds. The van der Waals surface area contributed by atoms with Crippen molar-refractivity contribution >= 4 is 29.1 Å². The minimum absolute atomic E-state index is 0.0251. The maximum absolute atomic E-state index is 13.0. The van der Waals surface area contributed by atoms with E-state index in [0.29, 0.717) is 28.5 Å². The van der Waals surface area contributed by atoms with E-state index in [1.165, 1.54) is 6.42 Å². The molecular weight excluding hydrogens is 364 g/mol. The number of benzene rings is 1. The van der Waals surface area contributed by atoms with Crippen LogP contribution in [0, 0.1) is 6.92 Å². The van der Waals surface area contributed by atoms with Crippen molar-refractivity contribution in [3.8, 4) is 5.75 Å². The second-order valence-corrected chi connectivity index (χ2v) is 7.16. The number of ether oxygens (including phenoxy) is 1. The Balaban J connectivity index is 1.83. The van der Waals surface area contributed by atoms with Gasteiger partial charge in [0.25, 0.3) is 5.91 Å². The molecule has 1 aromatic heterocycles. The number of hydrogen-bond acceptors (Lipinski definition) is 5. The fraction of sp³-hybridized carbons (Fsp3) is 0.450. The Morgan fingerprint density at radius 1 is 1.33 bits per heavy atom. The van der Waals surface area contributed by atoms with Gasteiger partial charge in [0.05, 0.1) is 12.1 Å². The summed E-state index contributed by atoms with van der Waals surface area (Å²) in [6.45, 7) is 4.78. The highest BCUT2D eigenvalue weighted by atomic mass is 35.5. The highest BCUT2D eigenvalue weighted by Crippen LogP contribution is 2.28. The molecule has 1 aliphatic heterocycles. The van der Waals surface area contributed by atoms with Crippen LogP contribution >= 0.6 is 11.6 Å². The molecule has 0 spiro atoms. The summed E-state index contributed by atoms with van der Waals surface area (Å²) in [6.07, 6.45) is 4.24. The molecule has 1 atom stereocenters. The Bertz CT molecular complexity index is 828. The zero-order valence-electron chi connectivity index (χ0n) is 16.0. The first kappa shape index (κ1) is 19.4. The van der Waals surface area contributed by atoms with E-state index in [1.54, 1.807) is 25.3 Å². The fourth-order valence-corrected chi connectivity index (χ4v) is 3.70. The van der Waals surface area contributed by atoms with Gasteiger partial charge in [-0.1, -0.05) is 18.5 Å². The van der Waals surface area contributed by atoms with Crippen LogP contribution in [0.1, 0.15) is 48.8 Å². The number of methoxy groups -OCH3 is 1. The molecule has 1 aromatic carbocycles. The number of carbonyl (C=O) groups excluding carboxylic acids is 1. The highest BCUT2D eigenvalue weighted by Gasteiger charge is 2.27. The molecule has 2 heterocycles. The number of carbonyl (C=O) groups is 1. The lowest BCUT2D eigenvalue weighted by Crippen LogP contribution is -2.43. The van der Waals surface area contributed by atoms with Crippen LogP contribution in [-0.2, 0) is 0 Å². The molecule has 6 nitrogen and oxygen atoms in total. The Morgan fingerprint density at radius 3 is 2.85 bits per heavy atom. The molecule has 0 bridgehead atoms. The predicted molar refractivity (Wildman–Crippen MR) is 107 cm³/mol. The third kappa shape index (κ3) is 4.50. The van der Waals surface area contributed by atoms with Crippen molar-refractivity contribution in [3.63, 3.8) is 0 Å². The van der Waals surface area contributed by atoms with E-state index < -0.39 is 0 Å². The Hall–Kier alpha value is -2.34. The first-order chi connectivity index (χ1) is 13.0. The van der Waals surface area contributed by atoms with E-state index >= 15 is 0 Å². The van der Waals surface area contributed by atoms with Crippen LogP contribution in [0.2, 0.25) is 5.02 Å². The minimum Gasteiger partial charge on any atom is -0.495 e. The van der Waals surface area contributed by atoms with Crippen molar-refractivity contribution in [1.82, 2.24) is 14.9 Å². The average Bonchev–Trinajstić information content (AvgIpc) is 2.67. The molecule has 3 rings (SSSR count). The molecule has 144 valence electrons. The first-order valence-electron chi connectivity index (χ1n) is 9.29. The van der Waals surface area contributed by atoms with Crippen molar-refractivity contribution in [3.05, 3.63) is 40.7 Å². The molecule has 2 aromatic rings. The van der Waals surface area contributed by atoms with Gasteiger partial charge in [0.15, 0.2) is 0 Å². The van der Waals surface area contributed by atoms with Crippen molar-refractivity contribution in [1.29, 1.82) is 0 Å². The molecule has 0 radical (unpaired) electrons. The summed E-state index contributed by atoms with van der Waals surface area (Å²) in [6, 6.07) is 7.38. The van der Waals surface area contributed by atoms with E-state index in [1.807, 2.05) is 17.9 Å². The second-order valence-electron chi connectivity index (χ2n) is 6.75. The van der Waals surface area contributed by atoms with Gasteiger partial charge in [0.1, 0.15) is 11.4 Å². The predicted octanol–water partition coefficient (Wildman–Crippen LogP) is 4.60. The number of aryl methyl sites for hydroxylation is 1. The number of amides is 1. The number of aromatic nitrogens is 2. The summed E-state index contributed by atoms with van der Waals surface area (Å²) in [5.41, 5.74) is 1.89. The number of rotatable bonds is 5. The van der Waals surface area contributed by atoms with Crippen LogP contribution in [0.3, 0.4) is 0 Å². The van der Waals surface area contributed by atoms with Crippen molar-refractivity contribution < 1.29 is 9.53 Å². The zero-order valence-corrected chi connectivity index (χ0v) is 16.7. The highest BCUT2D eigenvalue weighted by molar-refractivity contribution is 6.32. The van der Waals surface area contributed by atoms with E-state index in [0.717, 1.165) is 37.2 Å². The third-order valence-electron chi connectivity index (χ3n) is 4.84. The summed E-state index contributed by atoms with van der Waals surface area (Å²) in [7, 11) is 1.57. The Kier molecular flexibility index (Phi) is 6.16. The van der Waals surface area contributed by atoms with E-state index in [9.17, 15) is 4.79 Å².